The number of hydrogen-bond acceptors (Lipinski definition) is 4. The van der Waals surface area contributed by atoms with Crippen LogP contribution >= 0.6 is 11.6 Å². The van der Waals surface area contributed by atoms with Crippen LogP contribution in [0.25, 0.3) is 0 Å². The Morgan fingerprint density at radius 3 is 2.83 bits per heavy atom. The first-order valence-electron chi connectivity index (χ1n) is 5.01. The van der Waals surface area contributed by atoms with Crippen LogP contribution in [0.15, 0.2) is 35.1 Å². The van der Waals surface area contributed by atoms with E-state index in [1.807, 2.05) is 0 Å². The second-order valence-electron chi connectivity index (χ2n) is 3.31. The predicted octanol–water partition coefficient (Wildman–Crippen LogP) is 2.98. The minimum atomic E-state index is -0.440. The topological polar surface area (TPSA) is 76.4 Å². The van der Waals surface area contributed by atoms with Gasteiger partial charge in [-0.25, -0.2) is 4.79 Å². The van der Waals surface area contributed by atoms with Crippen molar-refractivity contribution in [1.29, 1.82) is 0 Å². The summed E-state index contributed by atoms with van der Waals surface area (Å²) in [5.41, 5.74) is 0.543. The van der Waals surface area contributed by atoms with E-state index in [-0.39, 0.29) is 0 Å². The Bertz CT molecular complexity index is 542. The number of aromatic nitrogens is 1. The van der Waals surface area contributed by atoms with Gasteiger partial charge in [0.2, 0.25) is 0 Å². The van der Waals surface area contributed by atoms with Crippen LogP contribution in [0.2, 0.25) is 5.02 Å². The number of urea groups is 1. The van der Waals surface area contributed by atoms with Crippen LogP contribution in [0.3, 0.4) is 0 Å². The first kappa shape index (κ1) is 12.3. The van der Waals surface area contributed by atoms with Crippen molar-refractivity contribution in [2.75, 3.05) is 17.7 Å². The summed E-state index contributed by atoms with van der Waals surface area (Å²) in [4.78, 5) is 11.6. The molecule has 6 nitrogen and oxygen atoms in total. The van der Waals surface area contributed by atoms with E-state index in [4.69, 9.17) is 16.3 Å². The standard InChI is InChI=1S/C11H10ClN3O3/c1-17-9-3-2-7(6-8(9)12)13-11(16)14-10-4-5-18-15-10/h2-6H,1H3,(H2,13,14,15,16). The molecule has 0 aliphatic rings. The molecule has 2 aromatic rings. The highest BCUT2D eigenvalue weighted by atomic mass is 35.5. The Morgan fingerprint density at radius 2 is 2.22 bits per heavy atom. The summed E-state index contributed by atoms with van der Waals surface area (Å²) in [6, 6.07) is 6.01. The number of nitrogens with one attached hydrogen (secondary N) is 2. The number of amides is 2. The Morgan fingerprint density at radius 1 is 1.39 bits per heavy atom. The van der Waals surface area contributed by atoms with Gasteiger partial charge >= 0.3 is 6.03 Å². The van der Waals surface area contributed by atoms with Gasteiger partial charge < -0.3 is 14.6 Å². The fourth-order valence-electron chi connectivity index (χ4n) is 1.30. The van der Waals surface area contributed by atoms with E-state index in [2.05, 4.69) is 20.3 Å². The highest BCUT2D eigenvalue weighted by Gasteiger charge is 2.06. The molecule has 94 valence electrons. The van der Waals surface area contributed by atoms with E-state index in [1.54, 1.807) is 18.2 Å². The molecule has 1 aromatic carbocycles. The minimum Gasteiger partial charge on any atom is -0.495 e. The number of halogens is 1. The summed E-state index contributed by atoms with van der Waals surface area (Å²) < 4.78 is 9.59. The lowest BCUT2D eigenvalue weighted by atomic mass is 10.3. The first-order chi connectivity index (χ1) is 8.69. The molecule has 2 N–H and O–H groups in total. The molecular weight excluding hydrogens is 258 g/mol. The monoisotopic (exact) mass is 267 g/mol. The first-order valence-corrected chi connectivity index (χ1v) is 5.39. The van der Waals surface area contributed by atoms with Gasteiger partial charge in [-0.15, -0.1) is 0 Å². The zero-order valence-electron chi connectivity index (χ0n) is 9.44. The third-order valence-electron chi connectivity index (χ3n) is 2.09. The molecule has 0 saturated heterocycles. The van der Waals surface area contributed by atoms with Gasteiger partial charge in [0.15, 0.2) is 5.82 Å². The van der Waals surface area contributed by atoms with E-state index < -0.39 is 6.03 Å². The average molecular weight is 268 g/mol. The summed E-state index contributed by atoms with van der Waals surface area (Å²) in [5, 5.41) is 9.05. The number of nitrogens with zero attached hydrogens (tertiary/aromatic N) is 1. The van der Waals surface area contributed by atoms with Crippen LogP contribution in [0.4, 0.5) is 16.3 Å². The molecule has 1 aromatic heterocycles. The smallest absolute Gasteiger partial charge is 0.324 e. The molecule has 0 aliphatic carbocycles. The van der Waals surface area contributed by atoms with Gasteiger partial charge in [0.25, 0.3) is 0 Å². The molecule has 2 rings (SSSR count). The van der Waals surface area contributed by atoms with Gasteiger partial charge in [-0.2, -0.15) is 0 Å². The molecule has 7 heteroatoms. The number of hydrogen-bond donors (Lipinski definition) is 2. The molecule has 2 amide bonds. The fourth-order valence-corrected chi connectivity index (χ4v) is 1.56. The maximum absolute atomic E-state index is 11.6. The van der Waals surface area contributed by atoms with Crippen LogP contribution in [0, 0.1) is 0 Å². The van der Waals surface area contributed by atoms with Crippen molar-refractivity contribution in [3.63, 3.8) is 0 Å². The Kier molecular flexibility index (Phi) is 3.69. The lowest BCUT2D eigenvalue weighted by molar-refractivity contribution is 0.262. The van der Waals surface area contributed by atoms with Crippen molar-refractivity contribution in [3.05, 3.63) is 35.6 Å². The Hall–Kier alpha value is -2.21. The molecule has 0 fully saturated rings. The van der Waals surface area contributed by atoms with Crippen LogP contribution < -0.4 is 15.4 Å². The highest BCUT2D eigenvalue weighted by molar-refractivity contribution is 6.32. The van der Waals surface area contributed by atoms with Gasteiger partial charge in [0.05, 0.1) is 12.1 Å². The average Bonchev–Trinajstić information content (AvgIpc) is 2.82. The molecule has 0 radical (unpaired) electrons. The maximum Gasteiger partial charge on any atom is 0.324 e. The van der Waals surface area contributed by atoms with Crippen LogP contribution in [0.5, 0.6) is 5.75 Å². The SMILES string of the molecule is COc1ccc(NC(=O)Nc2ccon2)cc1Cl. The molecular formula is C11H10ClN3O3. The quantitative estimate of drug-likeness (QED) is 0.896. The fraction of sp³-hybridized carbons (Fsp3) is 0.0909. The summed E-state index contributed by atoms with van der Waals surface area (Å²) in [6.07, 6.45) is 1.36. The molecule has 0 atom stereocenters. The number of benzene rings is 1. The van der Waals surface area contributed by atoms with Crippen molar-refractivity contribution in [2.24, 2.45) is 0 Å². The molecule has 0 saturated carbocycles. The van der Waals surface area contributed by atoms with E-state index in [9.17, 15) is 4.79 Å². The second-order valence-corrected chi connectivity index (χ2v) is 3.72. The third-order valence-corrected chi connectivity index (χ3v) is 2.38. The number of carbonyl (C=O) groups is 1. The Labute approximate surface area is 108 Å². The van der Waals surface area contributed by atoms with E-state index >= 15 is 0 Å². The molecule has 0 aliphatic heterocycles. The van der Waals surface area contributed by atoms with Crippen LogP contribution in [0.1, 0.15) is 0 Å². The lowest BCUT2D eigenvalue weighted by Crippen LogP contribution is -2.19. The second kappa shape index (κ2) is 5.42. The summed E-state index contributed by atoms with van der Waals surface area (Å²) >= 11 is 5.93. The zero-order valence-corrected chi connectivity index (χ0v) is 10.2. The van der Waals surface area contributed by atoms with E-state index in [0.717, 1.165) is 0 Å². The van der Waals surface area contributed by atoms with Crippen LogP contribution in [-0.2, 0) is 0 Å². The van der Waals surface area contributed by atoms with Crippen molar-refractivity contribution in [2.45, 2.75) is 0 Å². The number of rotatable bonds is 3. The molecule has 0 unspecified atom stereocenters. The van der Waals surface area contributed by atoms with Gasteiger partial charge in [-0.3, -0.25) is 5.32 Å². The highest BCUT2D eigenvalue weighted by Crippen LogP contribution is 2.27. The Balaban J connectivity index is 2.01. The van der Waals surface area contributed by atoms with Gasteiger partial charge in [0, 0.05) is 11.8 Å². The normalized spacial score (nSPS) is 9.89. The maximum atomic E-state index is 11.6. The summed E-state index contributed by atoms with van der Waals surface area (Å²) in [6.45, 7) is 0. The summed E-state index contributed by atoms with van der Waals surface area (Å²) in [5.74, 6) is 0.867. The predicted molar refractivity (Wildman–Crippen MR) is 67.1 cm³/mol. The molecule has 0 spiro atoms. The number of ether oxygens (including phenoxy) is 1. The van der Waals surface area contributed by atoms with Crippen molar-refractivity contribution < 1.29 is 14.1 Å². The van der Waals surface area contributed by atoms with Crippen LogP contribution in [-0.4, -0.2) is 18.3 Å². The number of anilines is 2. The van der Waals surface area contributed by atoms with Crippen molar-refractivity contribution in [3.8, 4) is 5.75 Å². The van der Waals surface area contributed by atoms with Crippen molar-refractivity contribution in [1.82, 2.24) is 5.16 Å². The largest absolute Gasteiger partial charge is 0.495 e. The van der Waals surface area contributed by atoms with Gasteiger partial charge in [-0.05, 0) is 18.2 Å². The molecule has 0 bridgehead atoms. The van der Waals surface area contributed by atoms with Gasteiger partial charge in [0.1, 0.15) is 12.0 Å². The number of carbonyl (C=O) groups excluding carboxylic acids is 1. The molecule has 1 heterocycles. The minimum absolute atomic E-state index is 0.326. The van der Waals surface area contributed by atoms with Gasteiger partial charge in [-0.1, -0.05) is 16.8 Å². The van der Waals surface area contributed by atoms with E-state index in [0.29, 0.717) is 22.3 Å². The lowest BCUT2D eigenvalue weighted by Gasteiger charge is -2.07. The van der Waals surface area contributed by atoms with Crippen molar-refractivity contribution >= 4 is 29.1 Å². The zero-order chi connectivity index (χ0) is 13.0. The summed E-state index contributed by atoms with van der Waals surface area (Å²) in [7, 11) is 1.52. The van der Waals surface area contributed by atoms with E-state index in [1.165, 1.54) is 19.4 Å². The third kappa shape index (κ3) is 2.92. The molecule has 18 heavy (non-hydrogen) atoms. The number of methoxy groups -OCH3 is 1.